The summed E-state index contributed by atoms with van der Waals surface area (Å²) in [6, 6.07) is 3.56. The van der Waals surface area contributed by atoms with Crippen LogP contribution in [0.15, 0.2) is 29.8 Å². The van der Waals surface area contributed by atoms with E-state index in [1.807, 2.05) is 13.8 Å². The van der Waals surface area contributed by atoms with Crippen molar-refractivity contribution in [1.29, 1.82) is 0 Å². The largest absolute Gasteiger partial charge is 0.338 e. The van der Waals surface area contributed by atoms with Gasteiger partial charge in [0, 0.05) is 35.7 Å². The van der Waals surface area contributed by atoms with Gasteiger partial charge in [0.25, 0.3) is 0 Å². The van der Waals surface area contributed by atoms with E-state index in [2.05, 4.69) is 0 Å². The molecule has 1 aliphatic rings. The standard InChI is InChI=1S/C16H19F2NOS/c1-11(2)9-16(20)19-6-5-15(21-8-7-19)13-10-12(17)3-4-14(13)18/h3-4,9-10,15H,5-8H2,1-2H3. The Balaban J connectivity index is 2.09. The molecule has 0 spiro atoms. The van der Waals surface area contributed by atoms with Crippen LogP contribution in [0.1, 0.15) is 31.1 Å². The lowest BCUT2D eigenvalue weighted by Crippen LogP contribution is -2.31. The summed E-state index contributed by atoms with van der Waals surface area (Å²) < 4.78 is 27.1. The monoisotopic (exact) mass is 311 g/mol. The van der Waals surface area contributed by atoms with E-state index in [9.17, 15) is 13.6 Å². The van der Waals surface area contributed by atoms with E-state index < -0.39 is 5.82 Å². The van der Waals surface area contributed by atoms with Gasteiger partial charge in [-0.15, -0.1) is 0 Å². The van der Waals surface area contributed by atoms with Crippen molar-refractivity contribution in [2.75, 3.05) is 18.8 Å². The van der Waals surface area contributed by atoms with E-state index in [0.717, 1.165) is 17.4 Å². The minimum Gasteiger partial charge on any atom is -0.338 e. The first-order chi connectivity index (χ1) is 9.97. The summed E-state index contributed by atoms with van der Waals surface area (Å²) in [7, 11) is 0. The van der Waals surface area contributed by atoms with E-state index in [-0.39, 0.29) is 17.0 Å². The summed E-state index contributed by atoms with van der Waals surface area (Å²) in [4.78, 5) is 13.8. The smallest absolute Gasteiger partial charge is 0.246 e. The molecule has 1 unspecified atom stereocenters. The van der Waals surface area contributed by atoms with Gasteiger partial charge in [-0.05, 0) is 38.5 Å². The molecule has 0 bridgehead atoms. The lowest BCUT2D eigenvalue weighted by molar-refractivity contribution is -0.125. The van der Waals surface area contributed by atoms with Crippen LogP contribution in [0.25, 0.3) is 0 Å². The second kappa shape index (κ2) is 7.07. The lowest BCUT2D eigenvalue weighted by Gasteiger charge is -2.19. The number of allylic oxidation sites excluding steroid dienone is 1. The third-order valence-electron chi connectivity index (χ3n) is 3.37. The molecule has 0 aliphatic carbocycles. The fraction of sp³-hybridized carbons (Fsp3) is 0.438. The van der Waals surface area contributed by atoms with Crippen molar-refractivity contribution in [2.24, 2.45) is 0 Å². The maximum atomic E-state index is 13.8. The van der Waals surface area contributed by atoms with Crippen LogP contribution in [0.4, 0.5) is 8.78 Å². The molecule has 1 aromatic carbocycles. The van der Waals surface area contributed by atoms with Crippen LogP contribution >= 0.6 is 11.8 Å². The number of thioether (sulfide) groups is 1. The highest BCUT2D eigenvalue weighted by atomic mass is 32.2. The van der Waals surface area contributed by atoms with Gasteiger partial charge in [0.2, 0.25) is 5.91 Å². The van der Waals surface area contributed by atoms with Gasteiger partial charge >= 0.3 is 0 Å². The first-order valence-electron chi connectivity index (χ1n) is 6.97. The number of carbonyl (C=O) groups excluding carboxylic acids is 1. The molecule has 1 aromatic rings. The molecule has 0 N–H and O–H groups in total. The van der Waals surface area contributed by atoms with Crippen molar-refractivity contribution >= 4 is 17.7 Å². The summed E-state index contributed by atoms with van der Waals surface area (Å²) in [5, 5.41) is -0.106. The van der Waals surface area contributed by atoms with Gasteiger partial charge in [-0.2, -0.15) is 11.8 Å². The molecule has 1 fully saturated rings. The molecule has 2 rings (SSSR count). The number of hydrogen-bond acceptors (Lipinski definition) is 2. The van der Waals surface area contributed by atoms with Crippen molar-refractivity contribution in [3.8, 4) is 0 Å². The minimum atomic E-state index is -0.422. The molecule has 0 saturated carbocycles. The predicted molar refractivity (Wildman–Crippen MR) is 82.2 cm³/mol. The van der Waals surface area contributed by atoms with Crippen molar-refractivity contribution in [2.45, 2.75) is 25.5 Å². The van der Waals surface area contributed by atoms with Crippen LogP contribution in [0, 0.1) is 11.6 Å². The minimum absolute atomic E-state index is 0.00374. The van der Waals surface area contributed by atoms with E-state index in [0.29, 0.717) is 25.1 Å². The number of amides is 1. The van der Waals surface area contributed by atoms with Gasteiger partial charge in [0.05, 0.1) is 0 Å². The first kappa shape index (κ1) is 16.0. The molecule has 1 heterocycles. The first-order valence-corrected chi connectivity index (χ1v) is 8.02. The summed E-state index contributed by atoms with van der Waals surface area (Å²) in [5.41, 5.74) is 1.36. The van der Waals surface area contributed by atoms with Crippen molar-refractivity contribution in [3.63, 3.8) is 0 Å². The Morgan fingerprint density at radius 1 is 1.33 bits per heavy atom. The maximum Gasteiger partial charge on any atom is 0.246 e. The molecule has 0 radical (unpaired) electrons. The summed E-state index contributed by atoms with van der Waals surface area (Å²) >= 11 is 1.58. The maximum absolute atomic E-state index is 13.8. The molecule has 0 aromatic heterocycles. The molecule has 1 saturated heterocycles. The number of nitrogens with zero attached hydrogens (tertiary/aromatic N) is 1. The highest BCUT2D eigenvalue weighted by molar-refractivity contribution is 7.99. The molecule has 2 nitrogen and oxygen atoms in total. The molecule has 114 valence electrons. The second-order valence-corrected chi connectivity index (χ2v) is 6.67. The van der Waals surface area contributed by atoms with Crippen LogP contribution < -0.4 is 0 Å². The summed E-state index contributed by atoms with van der Waals surface area (Å²) in [5.74, 6) is -0.0779. The molecule has 1 atom stereocenters. The molecule has 5 heteroatoms. The van der Waals surface area contributed by atoms with E-state index in [1.165, 1.54) is 12.1 Å². The van der Waals surface area contributed by atoms with Crippen LogP contribution in [0.5, 0.6) is 0 Å². The highest BCUT2D eigenvalue weighted by Crippen LogP contribution is 2.36. The van der Waals surface area contributed by atoms with Crippen molar-refractivity contribution in [3.05, 3.63) is 47.0 Å². The Labute approximate surface area is 128 Å². The normalized spacial score (nSPS) is 19.0. The zero-order valence-electron chi connectivity index (χ0n) is 12.2. The molecule has 1 amide bonds. The fourth-order valence-corrected chi connectivity index (χ4v) is 3.58. The molecule has 1 aliphatic heterocycles. The SMILES string of the molecule is CC(C)=CC(=O)N1CCSC(c2cc(F)ccc2F)CC1. The van der Waals surface area contributed by atoms with Gasteiger partial charge in [-0.3, -0.25) is 4.79 Å². The second-order valence-electron chi connectivity index (χ2n) is 5.36. The van der Waals surface area contributed by atoms with Gasteiger partial charge < -0.3 is 4.90 Å². The van der Waals surface area contributed by atoms with Gasteiger partial charge in [0.1, 0.15) is 11.6 Å². The Morgan fingerprint density at radius 3 is 2.81 bits per heavy atom. The fourth-order valence-electron chi connectivity index (χ4n) is 2.34. The Hall–Kier alpha value is -1.36. The lowest BCUT2D eigenvalue weighted by atomic mass is 10.1. The van der Waals surface area contributed by atoms with Crippen LogP contribution in [0.3, 0.4) is 0 Å². The van der Waals surface area contributed by atoms with Crippen molar-refractivity contribution in [1.82, 2.24) is 4.90 Å². The van der Waals surface area contributed by atoms with Crippen LogP contribution in [-0.2, 0) is 4.79 Å². The molecular weight excluding hydrogens is 292 g/mol. The summed E-state index contributed by atoms with van der Waals surface area (Å²) in [6.45, 7) is 4.97. The van der Waals surface area contributed by atoms with Gasteiger partial charge in [-0.25, -0.2) is 8.78 Å². The Bertz CT molecular complexity index is 555. The Kier molecular flexibility index (Phi) is 5.39. The van der Waals surface area contributed by atoms with E-state index >= 15 is 0 Å². The van der Waals surface area contributed by atoms with Crippen LogP contribution in [0.2, 0.25) is 0 Å². The van der Waals surface area contributed by atoms with Gasteiger partial charge in [0.15, 0.2) is 0 Å². The van der Waals surface area contributed by atoms with Crippen LogP contribution in [-0.4, -0.2) is 29.6 Å². The highest BCUT2D eigenvalue weighted by Gasteiger charge is 2.23. The van der Waals surface area contributed by atoms with Gasteiger partial charge in [-0.1, -0.05) is 5.57 Å². The average Bonchev–Trinajstić information content (AvgIpc) is 2.66. The van der Waals surface area contributed by atoms with E-state index in [4.69, 9.17) is 0 Å². The number of benzene rings is 1. The number of halogens is 2. The quantitative estimate of drug-likeness (QED) is 0.771. The third kappa shape index (κ3) is 4.30. The Morgan fingerprint density at radius 2 is 2.10 bits per heavy atom. The predicted octanol–water partition coefficient (Wildman–Crippen LogP) is 3.94. The van der Waals surface area contributed by atoms with E-state index in [1.54, 1.807) is 22.7 Å². The topological polar surface area (TPSA) is 20.3 Å². The zero-order chi connectivity index (χ0) is 15.4. The summed E-state index contributed by atoms with van der Waals surface area (Å²) in [6.07, 6.45) is 2.25. The molecular formula is C16H19F2NOS. The number of hydrogen-bond donors (Lipinski definition) is 0. The van der Waals surface area contributed by atoms with Crippen molar-refractivity contribution < 1.29 is 13.6 Å². The molecule has 21 heavy (non-hydrogen) atoms. The number of carbonyl (C=O) groups is 1. The number of rotatable bonds is 2. The average molecular weight is 311 g/mol. The zero-order valence-corrected chi connectivity index (χ0v) is 13.1. The third-order valence-corrected chi connectivity index (χ3v) is 4.68.